The smallest absolute Gasteiger partial charge is 0.230 e. The summed E-state index contributed by atoms with van der Waals surface area (Å²) in [6.07, 6.45) is 6.42. The number of imide groups is 1. The second kappa shape index (κ2) is 5.80. The van der Waals surface area contributed by atoms with Crippen molar-refractivity contribution >= 4 is 29.0 Å². The largest absolute Gasteiger partial charge is 0.392 e. The number of piperidine rings is 1. The molecule has 1 saturated carbocycles. The molecule has 0 aromatic heterocycles. The van der Waals surface area contributed by atoms with Crippen molar-refractivity contribution in [1.29, 1.82) is 0 Å². The highest BCUT2D eigenvalue weighted by atomic mass is 32.1. The van der Waals surface area contributed by atoms with Gasteiger partial charge in [-0.1, -0.05) is 45.3 Å². The van der Waals surface area contributed by atoms with Crippen molar-refractivity contribution in [3.63, 3.8) is 0 Å². The van der Waals surface area contributed by atoms with Crippen molar-refractivity contribution in [2.75, 3.05) is 0 Å². The molecule has 1 spiro atoms. The summed E-state index contributed by atoms with van der Waals surface area (Å²) in [5.74, 6) is -0.120. The normalized spacial score (nSPS) is 24.2. The van der Waals surface area contributed by atoms with Gasteiger partial charge in [-0.2, -0.15) is 0 Å². The summed E-state index contributed by atoms with van der Waals surface area (Å²) in [4.78, 5) is 26.6. The summed E-state index contributed by atoms with van der Waals surface area (Å²) in [5.41, 5.74) is 5.67. The lowest BCUT2D eigenvalue weighted by Gasteiger charge is -2.45. The Balaban J connectivity index is 2.20. The van der Waals surface area contributed by atoms with Crippen LogP contribution in [0.15, 0.2) is 0 Å². The SMILES string of the molecule is CC(C)C(C(N)=S)N1C(=O)CC2(CCCCC2)CC1=O. The van der Waals surface area contributed by atoms with E-state index in [1.165, 1.54) is 11.3 Å². The molecule has 2 aliphatic rings. The van der Waals surface area contributed by atoms with Crippen molar-refractivity contribution < 1.29 is 9.59 Å². The number of hydrogen-bond donors (Lipinski definition) is 1. The Labute approximate surface area is 126 Å². The molecule has 4 nitrogen and oxygen atoms in total. The first kappa shape index (κ1) is 15.4. The predicted molar refractivity (Wildman–Crippen MR) is 82.0 cm³/mol. The number of likely N-dealkylation sites (tertiary alicyclic amines) is 1. The number of hydrogen-bond acceptors (Lipinski definition) is 3. The molecule has 1 aliphatic heterocycles. The third-order valence-electron chi connectivity index (χ3n) is 4.71. The first-order valence-corrected chi connectivity index (χ1v) is 7.91. The molecular weight excluding hydrogens is 272 g/mol. The highest BCUT2D eigenvalue weighted by Gasteiger charge is 2.46. The van der Waals surface area contributed by atoms with Crippen molar-refractivity contribution in [1.82, 2.24) is 4.90 Å². The molecule has 5 heteroatoms. The van der Waals surface area contributed by atoms with Crippen LogP contribution in [0.1, 0.15) is 58.8 Å². The number of carbonyl (C=O) groups excluding carboxylic acids is 2. The molecule has 0 bridgehead atoms. The fraction of sp³-hybridized carbons (Fsp3) is 0.800. The molecule has 1 atom stereocenters. The van der Waals surface area contributed by atoms with Crippen LogP contribution in [-0.4, -0.2) is 27.7 Å². The second-order valence-corrected chi connectivity index (χ2v) is 7.13. The zero-order valence-corrected chi connectivity index (χ0v) is 13.2. The van der Waals surface area contributed by atoms with Gasteiger partial charge in [-0.3, -0.25) is 14.5 Å². The number of nitrogens with two attached hydrogens (primary N) is 1. The van der Waals surface area contributed by atoms with Crippen molar-refractivity contribution in [2.24, 2.45) is 17.1 Å². The predicted octanol–water partition coefficient (Wildman–Crippen LogP) is 2.40. The van der Waals surface area contributed by atoms with Gasteiger partial charge in [0.15, 0.2) is 0 Å². The zero-order valence-electron chi connectivity index (χ0n) is 12.4. The number of rotatable bonds is 3. The van der Waals surface area contributed by atoms with Gasteiger partial charge in [-0.05, 0) is 24.2 Å². The van der Waals surface area contributed by atoms with Gasteiger partial charge in [0, 0.05) is 12.8 Å². The van der Waals surface area contributed by atoms with Crippen LogP contribution >= 0.6 is 12.2 Å². The molecule has 112 valence electrons. The topological polar surface area (TPSA) is 63.4 Å². The van der Waals surface area contributed by atoms with E-state index in [1.807, 2.05) is 13.8 Å². The lowest BCUT2D eigenvalue weighted by molar-refractivity contribution is -0.156. The first-order valence-electron chi connectivity index (χ1n) is 7.50. The standard InChI is InChI=1S/C15H24N2O2S/c1-10(2)13(14(16)20)17-11(18)8-15(9-12(17)19)6-4-3-5-7-15/h10,13H,3-9H2,1-2H3,(H2,16,20). The van der Waals surface area contributed by atoms with Gasteiger partial charge in [0.05, 0.1) is 11.0 Å². The van der Waals surface area contributed by atoms with Gasteiger partial charge < -0.3 is 5.73 Å². The van der Waals surface area contributed by atoms with Crippen LogP contribution in [0.4, 0.5) is 0 Å². The van der Waals surface area contributed by atoms with E-state index in [0.29, 0.717) is 12.8 Å². The average molecular weight is 296 g/mol. The van der Waals surface area contributed by atoms with Gasteiger partial charge in [0.2, 0.25) is 11.8 Å². The van der Waals surface area contributed by atoms with E-state index in [4.69, 9.17) is 18.0 Å². The van der Waals surface area contributed by atoms with E-state index < -0.39 is 6.04 Å². The molecule has 1 unspecified atom stereocenters. The highest BCUT2D eigenvalue weighted by Crippen LogP contribution is 2.45. The fourth-order valence-corrected chi connectivity index (χ4v) is 4.11. The van der Waals surface area contributed by atoms with Crippen LogP contribution in [0.5, 0.6) is 0 Å². The maximum absolute atomic E-state index is 12.5. The molecule has 0 radical (unpaired) electrons. The lowest BCUT2D eigenvalue weighted by atomic mass is 9.67. The lowest BCUT2D eigenvalue weighted by Crippen LogP contribution is -2.57. The van der Waals surface area contributed by atoms with Crippen LogP contribution in [0.25, 0.3) is 0 Å². The summed E-state index contributed by atoms with van der Waals surface area (Å²) in [6.45, 7) is 3.88. The molecule has 20 heavy (non-hydrogen) atoms. The summed E-state index contributed by atoms with van der Waals surface area (Å²) >= 11 is 5.06. The Morgan fingerprint density at radius 3 is 2.05 bits per heavy atom. The zero-order chi connectivity index (χ0) is 14.9. The summed E-state index contributed by atoms with van der Waals surface area (Å²) in [7, 11) is 0. The molecule has 1 aliphatic carbocycles. The molecule has 0 aromatic rings. The minimum Gasteiger partial charge on any atom is -0.392 e. The summed E-state index contributed by atoms with van der Waals surface area (Å²) in [6, 6.07) is -0.439. The van der Waals surface area contributed by atoms with Crippen LogP contribution in [0.3, 0.4) is 0 Å². The van der Waals surface area contributed by atoms with Crippen molar-refractivity contribution in [3.8, 4) is 0 Å². The quantitative estimate of drug-likeness (QED) is 0.641. The van der Waals surface area contributed by atoms with E-state index in [0.717, 1.165) is 25.7 Å². The van der Waals surface area contributed by atoms with Crippen LogP contribution in [0, 0.1) is 11.3 Å². The highest BCUT2D eigenvalue weighted by molar-refractivity contribution is 7.80. The maximum atomic E-state index is 12.5. The fourth-order valence-electron chi connectivity index (χ4n) is 3.73. The first-order chi connectivity index (χ1) is 9.36. The third-order valence-corrected chi connectivity index (χ3v) is 4.95. The Bertz CT molecular complexity index is 408. The minimum atomic E-state index is -0.439. The molecule has 0 aromatic carbocycles. The number of amides is 2. The number of nitrogens with zero attached hydrogens (tertiary/aromatic N) is 1. The molecular formula is C15H24N2O2S. The second-order valence-electron chi connectivity index (χ2n) is 6.66. The Morgan fingerprint density at radius 1 is 1.15 bits per heavy atom. The Kier molecular flexibility index (Phi) is 4.47. The van der Waals surface area contributed by atoms with E-state index in [2.05, 4.69) is 0 Å². The number of carbonyl (C=O) groups is 2. The van der Waals surface area contributed by atoms with Crippen molar-refractivity contribution in [2.45, 2.75) is 64.8 Å². The van der Waals surface area contributed by atoms with Crippen LogP contribution in [0.2, 0.25) is 0 Å². The molecule has 1 heterocycles. The maximum Gasteiger partial charge on any atom is 0.230 e. The molecule has 2 N–H and O–H groups in total. The van der Waals surface area contributed by atoms with E-state index in [1.54, 1.807) is 0 Å². The van der Waals surface area contributed by atoms with Gasteiger partial charge >= 0.3 is 0 Å². The van der Waals surface area contributed by atoms with E-state index in [9.17, 15) is 9.59 Å². The van der Waals surface area contributed by atoms with Crippen LogP contribution in [-0.2, 0) is 9.59 Å². The van der Waals surface area contributed by atoms with Gasteiger partial charge in [0.25, 0.3) is 0 Å². The molecule has 2 amide bonds. The summed E-state index contributed by atoms with van der Waals surface area (Å²) in [5, 5.41) is 0. The van der Waals surface area contributed by atoms with Crippen molar-refractivity contribution in [3.05, 3.63) is 0 Å². The Morgan fingerprint density at radius 2 is 1.65 bits per heavy atom. The van der Waals surface area contributed by atoms with Gasteiger partial charge in [0.1, 0.15) is 0 Å². The average Bonchev–Trinajstić information content (AvgIpc) is 2.33. The number of thiocarbonyl (C=S) groups is 1. The van der Waals surface area contributed by atoms with E-state index in [-0.39, 0.29) is 28.1 Å². The van der Waals surface area contributed by atoms with Gasteiger partial charge in [-0.25, -0.2) is 0 Å². The monoisotopic (exact) mass is 296 g/mol. The Hall–Kier alpha value is -0.970. The minimum absolute atomic E-state index is 0.0563. The van der Waals surface area contributed by atoms with E-state index >= 15 is 0 Å². The summed E-state index contributed by atoms with van der Waals surface area (Å²) < 4.78 is 0. The molecule has 2 fully saturated rings. The van der Waals surface area contributed by atoms with Crippen LogP contribution < -0.4 is 5.73 Å². The molecule has 2 rings (SSSR count). The third kappa shape index (κ3) is 2.87. The molecule has 1 saturated heterocycles. The van der Waals surface area contributed by atoms with Gasteiger partial charge in [-0.15, -0.1) is 0 Å².